The number of fused-ring (bicyclic) bond motifs is 1. The highest BCUT2D eigenvalue weighted by Crippen LogP contribution is 2.20. The van der Waals surface area contributed by atoms with Crippen molar-refractivity contribution in [3.05, 3.63) is 51.2 Å². The molecule has 0 aliphatic carbocycles. The lowest BCUT2D eigenvalue weighted by molar-refractivity contribution is 0.516. The van der Waals surface area contributed by atoms with Gasteiger partial charge in [-0.2, -0.15) is 0 Å². The zero-order chi connectivity index (χ0) is 12.5. The number of rotatable bonds is 3. The zero-order valence-corrected chi connectivity index (χ0v) is 10.9. The average Bonchev–Trinajstić information content (AvgIpc) is 2.90. The van der Waals surface area contributed by atoms with E-state index in [2.05, 4.69) is 31.2 Å². The van der Waals surface area contributed by atoms with Gasteiger partial charge in [0.1, 0.15) is 5.76 Å². The van der Waals surface area contributed by atoms with Crippen LogP contribution < -0.4 is 11.0 Å². The molecule has 6 heteroatoms. The molecule has 92 valence electrons. The Hall–Kier alpha value is -1.95. The fraction of sp³-hybridized carbons (Fsp3) is 0.0833. The van der Waals surface area contributed by atoms with Gasteiger partial charge >= 0.3 is 5.69 Å². The summed E-state index contributed by atoms with van der Waals surface area (Å²) in [5.41, 5.74) is 2.30. The van der Waals surface area contributed by atoms with Gasteiger partial charge in [-0.05, 0) is 40.2 Å². The molecule has 0 spiro atoms. The summed E-state index contributed by atoms with van der Waals surface area (Å²) in [6.45, 7) is 0.577. The van der Waals surface area contributed by atoms with Gasteiger partial charge in [0.25, 0.3) is 0 Å². The minimum atomic E-state index is -0.198. The van der Waals surface area contributed by atoms with Gasteiger partial charge in [-0.25, -0.2) is 4.79 Å². The first kappa shape index (κ1) is 11.2. The van der Waals surface area contributed by atoms with Crippen molar-refractivity contribution < 1.29 is 4.42 Å². The molecule has 1 aromatic carbocycles. The highest BCUT2D eigenvalue weighted by molar-refractivity contribution is 9.10. The average molecular weight is 308 g/mol. The van der Waals surface area contributed by atoms with E-state index in [9.17, 15) is 4.79 Å². The topological polar surface area (TPSA) is 73.8 Å². The molecule has 0 fully saturated rings. The fourth-order valence-corrected chi connectivity index (χ4v) is 2.12. The van der Waals surface area contributed by atoms with Crippen LogP contribution in [0.3, 0.4) is 0 Å². The number of hydrogen-bond acceptors (Lipinski definition) is 3. The third-order valence-electron chi connectivity index (χ3n) is 2.66. The maximum atomic E-state index is 11.1. The molecule has 2 heterocycles. The minimum Gasteiger partial charge on any atom is -0.466 e. The highest BCUT2D eigenvalue weighted by Gasteiger charge is 2.04. The van der Waals surface area contributed by atoms with E-state index in [4.69, 9.17) is 4.42 Å². The molecule has 3 N–H and O–H groups in total. The molecule has 0 unspecified atom stereocenters. The molecular weight excluding hydrogens is 298 g/mol. The molecule has 0 atom stereocenters. The Bertz CT molecular complexity index is 741. The number of hydrogen-bond donors (Lipinski definition) is 3. The van der Waals surface area contributed by atoms with E-state index >= 15 is 0 Å². The van der Waals surface area contributed by atoms with E-state index in [0.717, 1.165) is 27.0 Å². The van der Waals surface area contributed by atoms with E-state index in [1.54, 1.807) is 6.26 Å². The lowest BCUT2D eigenvalue weighted by atomic mass is 10.2. The third-order valence-corrected chi connectivity index (χ3v) is 3.37. The number of furan rings is 1. The highest BCUT2D eigenvalue weighted by atomic mass is 79.9. The summed E-state index contributed by atoms with van der Waals surface area (Å²) >= 11 is 3.40. The summed E-state index contributed by atoms with van der Waals surface area (Å²) in [5.74, 6) is 0.831. The smallest absolute Gasteiger partial charge is 0.323 e. The van der Waals surface area contributed by atoms with Gasteiger partial charge in [-0.3, -0.25) is 0 Å². The number of nitrogens with one attached hydrogen (secondary N) is 3. The normalized spacial score (nSPS) is 10.9. The lowest BCUT2D eigenvalue weighted by Gasteiger charge is -2.04. The molecule has 0 aliphatic heterocycles. The molecule has 18 heavy (non-hydrogen) atoms. The fourth-order valence-electron chi connectivity index (χ4n) is 1.78. The predicted octanol–water partition coefficient (Wildman–Crippen LogP) is 2.82. The third kappa shape index (κ3) is 2.06. The van der Waals surface area contributed by atoms with E-state index in [1.165, 1.54) is 0 Å². The van der Waals surface area contributed by atoms with E-state index in [1.807, 2.05) is 24.3 Å². The van der Waals surface area contributed by atoms with E-state index < -0.39 is 0 Å². The largest absolute Gasteiger partial charge is 0.466 e. The number of halogens is 1. The first-order valence-corrected chi connectivity index (χ1v) is 6.19. The summed E-state index contributed by atoms with van der Waals surface area (Å²) in [6, 6.07) is 7.49. The summed E-state index contributed by atoms with van der Waals surface area (Å²) in [5, 5.41) is 3.23. The van der Waals surface area contributed by atoms with Crippen LogP contribution in [0.15, 0.2) is 44.2 Å². The van der Waals surface area contributed by atoms with Crippen molar-refractivity contribution in [3.8, 4) is 0 Å². The van der Waals surface area contributed by atoms with Gasteiger partial charge in [0, 0.05) is 5.69 Å². The van der Waals surface area contributed by atoms with Crippen LogP contribution >= 0.6 is 15.9 Å². The molecule has 0 saturated heterocycles. The molecule has 0 aliphatic rings. The Morgan fingerprint density at radius 2 is 2.06 bits per heavy atom. The second-order valence-corrected chi connectivity index (χ2v) is 4.74. The van der Waals surface area contributed by atoms with Crippen LogP contribution in [0.25, 0.3) is 11.0 Å². The van der Waals surface area contributed by atoms with Crippen molar-refractivity contribution in [3.63, 3.8) is 0 Å². The van der Waals surface area contributed by atoms with Crippen molar-refractivity contribution >= 4 is 32.7 Å². The van der Waals surface area contributed by atoms with Crippen molar-refractivity contribution in [1.82, 2.24) is 9.97 Å². The van der Waals surface area contributed by atoms with Gasteiger partial charge in [0.2, 0.25) is 0 Å². The molecule has 2 aromatic heterocycles. The number of benzene rings is 1. The molecule has 3 aromatic rings. The number of anilines is 1. The predicted molar refractivity (Wildman–Crippen MR) is 72.7 cm³/mol. The van der Waals surface area contributed by atoms with Crippen LogP contribution in [0.2, 0.25) is 0 Å². The Labute approximate surface area is 110 Å². The SMILES string of the molecule is O=c1[nH]c2ccc(NCc3occc3Br)cc2[nH]1. The van der Waals surface area contributed by atoms with E-state index in [0.29, 0.717) is 6.54 Å². The van der Waals surface area contributed by atoms with Crippen LogP contribution in [0, 0.1) is 0 Å². The van der Waals surface area contributed by atoms with Gasteiger partial charge in [-0.1, -0.05) is 0 Å². The Morgan fingerprint density at radius 1 is 1.22 bits per heavy atom. The molecule has 5 nitrogen and oxygen atoms in total. The maximum absolute atomic E-state index is 11.1. The second-order valence-electron chi connectivity index (χ2n) is 3.88. The zero-order valence-electron chi connectivity index (χ0n) is 9.29. The van der Waals surface area contributed by atoms with Crippen molar-refractivity contribution in [2.45, 2.75) is 6.54 Å². The molecule has 0 saturated carbocycles. The van der Waals surface area contributed by atoms with Crippen molar-refractivity contribution in [1.29, 1.82) is 0 Å². The first-order chi connectivity index (χ1) is 8.72. The standard InChI is InChI=1S/C12H10BrN3O2/c13-8-3-4-18-11(8)6-14-7-1-2-9-10(5-7)16-12(17)15-9/h1-5,14H,6H2,(H2,15,16,17). The monoisotopic (exact) mass is 307 g/mol. The number of aromatic amines is 2. The van der Waals surface area contributed by atoms with E-state index in [-0.39, 0.29) is 5.69 Å². The molecule has 0 radical (unpaired) electrons. The Kier molecular flexibility index (Phi) is 2.71. The summed E-state index contributed by atoms with van der Waals surface area (Å²) in [7, 11) is 0. The maximum Gasteiger partial charge on any atom is 0.323 e. The quantitative estimate of drug-likeness (QED) is 0.696. The van der Waals surface area contributed by atoms with Gasteiger partial charge in [-0.15, -0.1) is 0 Å². The van der Waals surface area contributed by atoms with Gasteiger partial charge in [0.15, 0.2) is 0 Å². The lowest BCUT2D eigenvalue weighted by Crippen LogP contribution is -1.99. The number of H-pyrrole nitrogens is 2. The van der Waals surface area contributed by atoms with Crippen LogP contribution in [-0.4, -0.2) is 9.97 Å². The van der Waals surface area contributed by atoms with Crippen LogP contribution in [0.5, 0.6) is 0 Å². The van der Waals surface area contributed by atoms with Crippen LogP contribution in [0.1, 0.15) is 5.76 Å². The molecule has 3 rings (SSSR count). The summed E-state index contributed by atoms with van der Waals surface area (Å²) in [6.07, 6.45) is 1.63. The van der Waals surface area contributed by atoms with Gasteiger partial charge in [0.05, 0.1) is 28.3 Å². The second kappa shape index (κ2) is 4.38. The number of aromatic nitrogens is 2. The summed E-state index contributed by atoms with van der Waals surface area (Å²) < 4.78 is 6.24. The summed E-state index contributed by atoms with van der Waals surface area (Å²) in [4.78, 5) is 16.6. The van der Waals surface area contributed by atoms with Crippen molar-refractivity contribution in [2.24, 2.45) is 0 Å². The van der Waals surface area contributed by atoms with Crippen molar-refractivity contribution in [2.75, 3.05) is 5.32 Å². The molecular formula is C12H10BrN3O2. The molecule has 0 amide bonds. The minimum absolute atomic E-state index is 0.198. The van der Waals surface area contributed by atoms with Crippen LogP contribution in [0.4, 0.5) is 5.69 Å². The molecule has 0 bridgehead atoms. The Balaban J connectivity index is 1.82. The number of imidazole rings is 1. The van der Waals surface area contributed by atoms with Gasteiger partial charge < -0.3 is 19.7 Å². The first-order valence-electron chi connectivity index (χ1n) is 5.40. The Morgan fingerprint density at radius 3 is 2.83 bits per heavy atom. The van der Waals surface area contributed by atoms with Crippen LogP contribution in [-0.2, 0) is 6.54 Å².